The van der Waals surface area contributed by atoms with Crippen LogP contribution in [0.5, 0.6) is 0 Å². The molecule has 0 aromatic carbocycles. The Morgan fingerprint density at radius 2 is 2.44 bits per heavy atom. The van der Waals surface area contributed by atoms with Gasteiger partial charge in [0.25, 0.3) is 0 Å². The van der Waals surface area contributed by atoms with Crippen molar-refractivity contribution in [1.29, 1.82) is 0 Å². The maximum Gasteiger partial charge on any atom is 0.434 e. The summed E-state index contributed by atoms with van der Waals surface area (Å²) >= 11 is 0. The minimum Gasteiger partial charge on any atom is -0.443 e. The number of nitrogens with zero attached hydrogens (tertiary/aromatic N) is 1. The fourth-order valence-corrected chi connectivity index (χ4v) is 0.560. The third kappa shape index (κ3) is 1.20. The molecule has 0 spiro atoms. The van der Waals surface area contributed by atoms with E-state index in [0.717, 1.165) is 0 Å². The van der Waals surface area contributed by atoms with E-state index in [0.29, 0.717) is 10.6 Å². The number of amides is 1. The Balaban J connectivity index is 2.54. The van der Waals surface area contributed by atoms with Gasteiger partial charge < -0.3 is 4.74 Å². The SMILES string of the molecule is C=C1COC(=O)N(O)C1. The van der Waals surface area contributed by atoms with Gasteiger partial charge in [0.1, 0.15) is 6.61 Å². The molecule has 0 aliphatic carbocycles. The van der Waals surface area contributed by atoms with E-state index in [4.69, 9.17) is 5.21 Å². The number of carbonyl (C=O) groups is 1. The molecule has 0 saturated carbocycles. The molecule has 1 aliphatic heterocycles. The van der Waals surface area contributed by atoms with Gasteiger partial charge in [0, 0.05) is 0 Å². The van der Waals surface area contributed by atoms with Crippen LogP contribution in [0.3, 0.4) is 0 Å². The normalized spacial score (nSPS) is 19.9. The van der Waals surface area contributed by atoms with Crippen LogP contribution < -0.4 is 0 Å². The monoisotopic (exact) mass is 129 g/mol. The zero-order chi connectivity index (χ0) is 6.85. The minimum absolute atomic E-state index is 0.179. The van der Waals surface area contributed by atoms with E-state index >= 15 is 0 Å². The second kappa shape index (κ2) is 2.06. The van der Waals surface area contributed by atoms with Crippen molar-refractivity contribution in [2.24, 2.45) is 0 Å². The topological polar surface area (TPSA) is 49.8 Å². The van der Waals surface area contributed by atoms with Gasteiger partial charge in [0.2, 0.25) is 0 Å². The van der Waals surface area contributed by atoms with Crippen LogP contribution in [0.15, 0.2) is 12.2 Å². The van der Waals surface area contributed by atoms with Gasteiger partial charge in [-0.1, -0.05) is 6.58 Å². The van der Waals surface area contributed by atoms with E-state index in [1.807, 2.05) is 0 Å². The summed E-state index contributed by atoms with van der Waals surface area (Å²) in [6.45, 7) is 3.92. The Bertz CT molecular complexity index is 154. The molecule has 4 nitrogen and oxygen atoms in total. The molecular formula is C5H7NO3. The van der Waals surface area contributed by atoms with Crippen LogP contribution in [0, 0.1) is 0 Å². The van der Waals surface area contributed by atoms with E-state index in [2.05, 4.69) is 11.3 Å². The lowest BCUT2D eigenvalue weighted by Crippen LogP contribution is -2.35. The highest BCUT2D eigenvalue weighted by atomic mass is 16.6. The van der Waals surface area contributed by atoms with Crippen LogP contribution in [0.2, 0.25) is 0 Å². The van der Waals surface area contributed by atoms with E-state index in [1.165, 1.54) is 0 Å². The first-order valence-corrected chi connectivity index (χ1v) is 2.50. The highest BCUT2D eigenvalue weighted by Crippen LogP contribution is 2.04. The molecule has 1 fully saturated rings. The van der Waals surface area contributed by atoms with Gasteiger partial charge in [-0.25, -0.2) is 4.79 Å². The average molecular weight is 129 g/mol. The first-order chi connectivity index (χ1) is 4.20. The van der Waals surface area contributed by atoms with Crippen molar-refractivity contribution in [3.05, 3.63) is 12.2 Å². The van der Waals surface area contributed by atoms with Crippen molar-refractivity contribution >= 4 is 6.09 Å². The molecule has 1 N–H and O–H groups in total. The molecule has 0 radical (unpaired) electrons. The van der Waals surface area contributed by atoms with Crippen LogP contribution in [-0.4, -0.2) is 29.5 Å². The fourth-order valence-electron chi connectivity index (χ4n) is 0.560. The lowest BCUT2D eigenvalue weighted by Gasteiger charge is -2.21. The summed E-state index contributed by atoms with van der Waals surface area (Å²) in [5.41, 5.74) is 0.692. The lowest BCUT2D eigenvalue weighted by molar-refractivity contribution is -0.0798. The van der Waals surface area contributed by atoms with Crippen LogP contribution in [0.4, 0.5) is 4.79 Å². The van der Waals surface area contributed by atoms with Crippen molar-refractivity contribution < 1.29 is 14.7 Å². The van der Waals surface area contributed by atoms with Crippen molar-refractivity contribution in [2.45, 2.75) is 0 Å². The third-order valence-corrected chi connectivity index (χ3v) is 0.984. The zero-order valence-corrected chi connectivity index (χ0v) is 4.83. The van der Waals surface area contributed by atoms with Crippen LogP contribution in [-0.2, 0) is 4.74 Å². The predicted octanol–water partition coefficient (Wildman–Crippen LogP) is 0.384. The molecule has 0 unspecified atom stereocenters. The Morgan fingerprint density at radius 3 is 2.89 bits per heavy atom. The smallest absolute Gasteiger partial charge is 0.434 e. The van der Waals surface area contributed by atoms with Gasteiger partial charge in [0.15, 0.2) is 0 Å². The van der Waals surface area contributed by atoms with E-state index in [-0.39, 0.29) is 13.2 Å². The number of hydroxylamine groups is 2. The second-order valence-corrected chi connectivity index (χ2v) is 1.86. The molecule has 9 heavy (non-hydrogen) atoms. The van der Waals surface area contributed by atoms with Crippen LogP contribution >= 0.6 is 0 Å². The molecule has 0 bridgehead atoms. The van der Waals surface area contributed by atoms with Gasteiger partial charge in [-0.05, 0) is 5.57 Å². The van der Waals surface area contributed by atoms with Crippen molar-refractivity contribution in [1.82, 2.24) is 5.06 Å². The Hall–Kier alpha value is -1.03. The Labute approximate surface area is 52.3 Å². The maximum absolute atomic E-state index is 10.4. The molecule has 1 amide bonds. The van der Waals surface area contributed by atoms with E-state index in [9.17, 15) is 4.79 Å². The van der Waals surface area contributed by atoms with Crippen molar-refractivity contribution in [2.75, 3.05) is 13.2 Å². The molecule has 0 aromatic heterocycles. The largest absolute Gasteiger partial charge is 0.443 e. The second-order valence-electron chi connectivity index (χ2n) is 1.86. The molecule has 1 aliphatic rings. The standard InChI is InChI=1S/C5H7NO3/c1-4-2-6(8)5(7)9-3-4/h8H,1-3H2. The van der Waals surface area contributed by atoms with Gasteiger partial charge in [-0.3, -0.25) is 5.21 Å². The van der Waals surface area contributed by atoms with Gasteiger partial charge >= 0.3 is 6.09 Å². The molecule has 1 rings (SSSR count). The molecule has 0 aromatic rings. The first kappa shape index (κ1) is 6.10. The molecule has 4 heteroatoms. The number of ether oxygens (including phenoxy) is 1. The maximum atomic E-state index is 10.4. The molecule has 50 valence electrons. The predicted molar refractivity (Wildman–Crippen MR) is 29.0 cm³/mol. The van der Waals surface area contributed by atoms with Crippen molar-refractivity contribution in [3.8, 4) is 0 Å². The summed E-state index contributed by atoms with van der Waals surface area (Å²) in [7, 11) is 0. The Kier molecular flexibility index (Phi) is 1.40. The summed E-state index contributed by atoms with van der Waals surface area (Å²) in [6.07, 6.45) is -0.706. The molecular weight excluding hydrogens is 122 g/mol. The van der Waals surface area contributed by atoms with E-state index < -0.39 is 6.09 Å². The summed E-state index contributed by atoms with van der Waals surface area (Å²) in [6, 6.07) is 0. The lowest BCUT2D eigenvalue weighted by atomic mass is 10.3. The molecule has 0 atom stereocenters. The number of cyclic esters (lactones) is 1. The molecule has 1 saturated heterocycles. The number of hydrogen-bond acceptors (Lipinski definition) is 3. The zero-order valence-electron chi connectivity index (χ0n) is 4.83. The molecule has 1 heterocycles. The summed E-state index contributed by atoms with van der Waals surface area (Å²) in [5, 5.41) is 9.14. The van der Waals surface area contributed by atoms with Crippen LogP contribution in [0.1, 0.15) is 0 Å². The Morgan fingerprint density at radius 1 is 1.78 bits per heavy atom. The number of carbonyl (C=O) groups excluding carboxylic acids is 1. The van der Waals surface area contributed by atoms with E-state index in [1.54, 1.807) is 0 Å². The summed E-state index contributed by atoms with van der Waals surface area (Å²) < 4.78 is 4.44. The van der Waals surface area contributed by atoms with Crippen molar-refractivity contribution in [3.63, 3.8) is 0 Å². The average Bonchev–Trinajstić information content (AvgIpc) is 1.80. The first-order valence-electron chi connectivity index (χ1n) is 2.50. The highest BCUT2D eigenvalue weighted by Gasteiger charge is 2.18. The quantitative estimate of drug-likeness (QED) is 0.380. The van der Waals surface area contributed by atoms with Gasteiger partial charge in [-0.2, -0.15) is 5.06 Å². The van der Waals surface area contributed by atoms with Gasteiger partial charge in [-0.15, -0.1) is 0 Å². The highest BCUT2D eigenvalue weighted by molar-refractivity contribution is 5.67. The van der Waals surface area contributed by atoms with Gasteiger partial charge in [0.05, 0.1) is 6.54 Å². The summed E-state index contributed by atoms with van der Waals surface area (Å²) in [5.74, 6) is 0. The number of rotatable bonds is 0. The third-order valence-electron chi connectivity index (χ3n) is 0.984. The summed E-state index contributed by atoms with van der Waals surface area (Å²) in [4.78, 5) is 10.4. The fraction of sp³-hybridized carbons (Fsp3) is 0.400. The number of hydrogen-bond donors (Lipinski definition) is 1. The van der Waals surface area contributed by atoms with Crippen LogP contribution in [0.25, 0.3) is 0 Å². The minimum atomic E-state index is -0.706.